The zero-order valence-corrected chi connectivity index (χ0v) is 12.8. The predicted octanol–water partition coefficient (Wildman–Crippen LogP) is 3.43. The molecule has 0 atom stereocenters. The Morgan fingerprint density at radius 3 is 2.74 bits per heavy atom. The number of aromatic nitrogens is 2. The maximum Gasteiger partial charge on any atom is 0.151 e. The van der Waals surface area contributed by atoms with Gasteiger partial charge in [-0.2, -0.15) is 0 Å². The van der Waals surface area contributed by atoms with Gasteiger partial charge in [0.15, 0.2) is 5.01 Å². The Morgan fingerprint density at radius 2 is 2.11 bits per heavy atom. The summed E-state index contributed by atoms with van der Waals surface area (Å²) < 4.78 is 5.29. The molecule has 0 bridgehead atoms. The second kappa shape index (κ2) is 5.84. The van der Waals surface area contributed by atoms with E-state index >= 15 is 0 Å². The summed E-state index contributed by atoms with van der Waals surface area (Å²) in [4.78, 5) is 0. The van der Waals surface area contributed by atoms with Crippen LogP contribution < -0.4 is 5.32 Å². The molecule has 0 aliphatic rings. The van der Waals surface area contributed by atoms with Crippen molar-refractivity contribution in [2.45, 2.75) is 46.1 Å². The fourth-order valence-electron chi connectivity index (χ4n) is 1.73. The summed E-state index contributed by atoms with van der Waals surface area (Å²) in [5.41, 5.74) is 1.20. The van der Waals surface area contributed by atoms with Crippen molar-refractivity contribution in [3.8, 4) is 10.6 Å². The molecule has 5 heteroatoms. The largest absolute Gasteiger partial charge is 0.469 e. The average Bonchev–Trinajstić information content (AvgIpc) is 2.92. The number of hydrogen-bond donors (Lipinski definition) is 1. The maximum absolute atomic E-state index is 5.29. The molecule has 0 radical (unpaired) electrons. The van der Waals surface area contributed by atoms with Crippen LogP contribution in [0.2, 0.25) is 0 Å². The summed E-state index contributed by atoms with van der Waals surface area (Å²) in [6.45, 7) is 9.47. The van der Waals surface area contributed by atoms with E-state index in [0.29, 0.717) is 0 Å². The molecule has 0 unspecified atom stereocenters. The molecular formula is C14H21N3OS. The van der Waals surface area contributed by atoms with Crippen LogP contribution >= 0.6 is 11.3 Å². The highest BCUT2D eigenvalue weighted by Gasteiger charge is 2.10. The first kappa shape index (κ1) is 14.2. The summed E-state index contributed by atoms with van der Waals surface area (Å²) in [6, 6.07) is 1.99. The smallest absolute Gasteiger partial charge is 0.151 e. The molecule has 0 spiro atoms. The molecule has 0 fully saturated rings. The highest BCUT2D eigenvalue weighted by Crippen LogP contribution is 2.25. The number of rotatable bonds is 5. The Hall–Kier alpha value is -1.20. The van der Waals surface area contributed by atoms with Gasteiger partial charge < -0.3 is 9.73 Å². The molecule has 104 valence electrons. The summed E-state index contributed by atoms with van der Waals surface area (Å²) in [5, 5.41) is 14.0. The fourth-order valence-corrected chi connectivity index (χ4v) is 2.59. The topological polar surface area (TPSA) is 51.0 Å². The Labute approximate surface area is 118 Å². The van der Waals surface area contributed by atoms with E-state index in [-0.39, 0.29) is 5.54 Å². The van der Waals surface area contributed by atoms with E-state index < -0.39 is 0 Å². The van der Waals surface area contributed by atoms with Gasteiger partial charge in [-0.15, -0.1) is 10.2 Å². The molecule has 0 aliphatic carbocycles. The van der Waals surface area contributed by atoms with Crippen LogP contribution in [0, 0.1) is 6.92 Å². The molecule has 0 saturated carbocycles. The second-order valence-electron chi connectivity index (χ2n) is 5.73. The number of nitrogens with zero attached hydrogens (tertiary/aromatic N) is 2. The van der Waals surface area contributed by atoms with Gasteiger partial charge in [-0.05, 0) is 46.7 Å². The SMILES string of the molecule is Cc1cc(-c2nnc(CCCNC(C)(C)C)s2)co1. The minimum Gasteiger partial charge on any atom is -0.469 e. The lowest BCUT2D eigenvalue weighted by Gasteiger charge is -2.20. The molecule has 0 aromatic carbocycles. The van der Waals surface area contributed by atoms with E-state index in [1.807, 2.05) is 13.0 Å². The van der Waals surface area contributed by atoms with E-state index in [2.05, 4.69) is 36.3 Å². The lowest BCUT2D eigenvalue weighted by Crippen LogP contribution is -2.36. The van der Waals surface area contributed by atoms with Gasteiger partial charge in [0, 0.05) is 12.0 Å². The van der Waals surface area contributed by atoms with E-state index in [9.17, 15) is 0 Å². The Kier molecular flexibility index (Phi) is 4.37. The van der Waals surface area contributed by atoms with Gasteiger partial charge >= 0.3 is 0 Å². The van der Waals surface area contributed by atoms with Crippen LogP contribution in [0.3, 0.4) is 0 Å². The maximum atomic E-state index is 5.29. The minimum absolute atomic E-state index is 0.181. The standard InChI is InChI=1S/C14H21N3OS/c1-10-8-11(9-18-10)13-17-16-12(19-13)6-5-7-15-14(2,3)4/h8-9,15H,5-7H2,1-4H3. The normalized spacial score (nSPS) is 12.0. The van der Waals surface area contributed by atoms with E-state index in [0.717, 1.165) is 40.7 Å². The highest BCUT2D eigenvalue weighted by atomic mass is 32.1. The van der Waals surface area contributed by atoms with Crippen LogP contribution in [0.1, 0.15) is 38.0 Å². The summed E-state index contributed by atoms with van der Waals surface area (Å²) in [6.07, 6.45) is 3.79. The third kappa shape index (κ3) is 4.44. The van der Waals surface area contributed by atoms with Crippen LogP contribution in [-0.2, 0) is 6.42 Å². The molecule has 0 saturated heterocycles. The van der Waals surface area contributed by atoms with Crippen LogP contribution in [0.15, 0.2) is 16.7 Å². The van der Waals surface area contributed by atoms with Crippen molar-refractivity contribution >= 4 is 11.3 Å². The average molecular weight is 279 g/mol. The Balaban J connectivity index is 1.85. The van der Waals surface area contributed by atoms with Crippen molar-refractivity contribution in [3.05, 3.63) is 23.1 Å². The van der Waals surface area contributed by atoms with Crippen molar-refractivity contribution in [1.82, 2.24) is 15.5 Å². The van der Waals surface area contributed by atoms with Gasteiger partial charge in [0.25, 0.3) is 0 Å². The first-order valence-electron chi connectivity index (χ1n) is 6.57. The van der Waals surface area contributed by atoms with Gasteiger partial charge in [-0.3, -0.25) is 0 Å². The number of aryl methyl sites for hydroxylation is 2. The first-order valence-corrected chi connectivity index (χ1v) is 7.38. The number of hydrogen-bond acceptors (Lipinski definition) is 5. The van der Waals surface area contributed by atoms with Crippen LogP contribution in [0.4, 0.5) is 0 Å². The van der Waals surface area contributed by atoms with E-state index in [1.54, 1.807) is 17.6 Å². The van der Waals surface area contributed by atoms with Crippen molar-refractivity contribution in [2.75, 3.05) is 6.54 Å². The zero-order valence-electron chi connectivity index (χ0n) is 12.0. The third-order valence-electron chi connectivity index (χ3n) is 2.67. The predicted molar refractivity (Wildman–Crippen MR) is 78.4 cm³/mol. The third-order valence-corrected chi connectivity index (χ3v) is 3.70. The fraction of sp³-hybridized carbons (Fsp3) is 0.571. The van der Waals surface area contributed by atoms with Crippen molar-refractivity contribution < 1.29 is 4.42 Å². The molecule has 1 N–H and O–H groups in total. The Bertz CT molecular complexity index is 525. The van der Waals surface area contributed by atoms with Crippen molar-refractivity contribution in [1.29, 1.82) is 0 Å². The van der Waals surface area contributed by atoms with Gasteiger partial charge in [0.2, 0.25) is 0 Å². The van der Waals surface area contributed by atoms with Gasteiger partial charge in [0.05, 0.1) is 5.56 Å². The van der Waals surface area contributed by atoms with E-state index in [1.165, 1.54) is 0 Å². The molecule has 2 rings (SSSR count). The minimum atomic E-state index is 0.181. The molecule has 2 aromatic rings. The first-order chi connectivity index (χ1) is 8.94. The lowest BCUT2D eigenvalue weighted by molar-refractivity contribution is 0.422. The Morgan fingerprint density at radius 1 is 1.32 bits per heavy atom. The zero-order chi connectivity index (χ0) is 13.9. The highest BCUT2D eigenvalue weighted by molar-refractivity contribution is 7.14. The molecule has 2 heterocycles. The second-order valence-corrected chi connectivity index (χ2v) is 6.79. The quantitative estimate of drug-likeness (QED) is 0.852. The number of furan rings is 1. The van der Waals surface area contributed by atoms with Crippen molar-refractivity contribution in [3.63, 3.8) is 0 Å². The van der Waals surface area contributed by atoms with E-state index in [4.69, 9.17) is 4.42 Å². The molecule has 4 nitrogen and oxygen atoms in total. The van der Waals surface area contributed by atoms with Crippen molar-refractivity contribution in [2.24, 2.45) is 0 Å². The van der Waals surface area contributed by atoms with Crippen LogP contribution in [-0.4, -0.2) is 22.3 Å². The van der Waals surface area contributed by atoms with Crippen LogP contribution in [0.5, 0.6) is 0 Å². The molecule has 19 heavy (non-hydrogen) atoms. The molecule has 0 aliphatic heterocycles. The summed E-state index contributed by atoms with van der Waals surface area (Å²) in [5.74, 6) is 0.904. The monoisotopic (exact) mass is 279 g/mol. The van der Waals surface area contributed by atoms with Gasteiger partial charge in [-0.1, -0.05) is 11.3 Å². The molecular weight excluding hydrogens is 258 g/mol. The lowest BCUT2D eigenvalue weighted by atomic mass is 10.1. The number of nitrogens with one attached hydrogen (secondary N) is 1. The van der Waals surface area contributed by atoms with Crippen LogP contribution in [0.25, 0.3) is 10.6 Å². The van der Waals surface area contributed by atoms with Gasteiger partial charge in [0.1, 0.15) is 17.0 Å². The summed E-state index contributed by atoms with van der Waals surface area (Å²) in [7, 11) is 0. The summed E-state index contributed by atoms with van der Waals surface area (Å²) >= 11 is 1.65. The molecule has 0 amide bonds. The van der Waals surface area contributed by atoms with Gasteiger partial charge in [-0.25, -0.2) is 0 Å². The molecule has 2 aromatic heterocycles.